The summed E-state index contributed by atoms with van der Waals surface area (Å²) in [6.45, 7) is 1.95. The molecule has 0 radical (unpaired) electrons. The molecule has 0 aliphatic rings. The number of para-hydroxylation sites is 1. The summed E-state index contributed by atoms with van der Waals surface area (Å²) in [7, 11) is 3.09. The van der Waals surface area contributed by atoms with Crippen LogP contribution in [0.3, 0.4) is 0 Å². The molecular weight excluding hydrogens is 256 g/mol. The molecule has 4 nitrogen and oxygen atoms in total. The molecule has 0 amide bonds. The lowest BCUT2D eigenvalue weighted by molar-refractivity contribution is 0.0693. The van der Waals surface area contributed by atoms with Crippen molar-refractivity contribution in [3.05, 3.63) is 47.5 Å². The van der Waals surface area contributed by atoms with Crippen LogP contribution in [-0.4, -0.2) is 25.3 Å². The summed E-state index contributed by atoms with van der Waals surface area (Å²) >= 11 is 0. The molecule has 1 N–H and O–H groups in total. The fraction of sp³-hybridized carbons (Fsp3) is 0.188. The summed E-state index contributed by atoms with van der Waals surface area (Å²) in [6.07, 6.45) is 0. The molecule has 0 fully saturated rings. The third kappa shape index (κ3) is 2.45. The van der Waals surface area contributed by atoms with E-state index in [1.54, 1.807) is 13.2 Å². The predicted molar refractivity (Wildman–Crippen MR) is 76.7 cm³/mol. The van der Waals surface area contributed by atoms with Gasteiger partial charge in [-0.15, -0.1) is 0 Å². The third-order valence-corrected chi connectivity index (χ3v) is 3.17. The first-order valence-electron chi connectivity index (χ1n) is 6.13. The van der Waals surface area contributed by atoms with Crippen LogP contribution < -0.4 is 9.47 Å². The zero-order chi connectivity index (χ0) is 14.7. The van der Waals surface area contributed by atoms with E-state index in [0.717, 1.165) is 22.4 Å². The molecule has 0 spiro atoms. The average Bonchev–Trinajstić information content (AvgIpc) is 2.46. The molecule has 2 aromatic rings. The van der Waals surface area contributed by atoms with Gasteiger partial charge < -0.3 is 14.6 Å². The monoisotopic (exact) mass is 272 g/mol. The minimum atomic E-state index is -1.00. The molecule has 2 aromatic carbocycles. The van der Waals surface area contributed by atoms with Gasteiger partial charge in [0.1, 0.15) is 17.1 Å². The van der Waals surface area contributed by atoms with Gasteiger partial charge in [-0.1, -0.05) is 18.2 Å². The molecule has 0 unspecified atom stereocenters. The van der Waals surface area contributed by atoms with Crippen LogP contribution in [0.25, 0.3) is 11.1 Å². The van der Waals surface area contributed by atoms with Crippen molar-refractivity contribution in [3.8, 4) is 22.6 Å². The van der Waals surface area contributed by atoms with E-state index in [9.17, 15) is 9.90 Å². The van der Waals surface area contributed by atoms with Crippen molar-refractivity contribution in [2.45, 2.75) is 6.92 Å². The second-order valence-electron chi connectivity index (χ2n) is 4.37. The number of benzene rings is 2. The lowest BCUT2D eigenvalue weighted by Crippen LogP contribution is -2.02. The van der Waals surface area contributed by atoms with Crippen LogP contribution >= 0.6 is 0 Å². The van der Waals surface area contributed by atoms with E-state index in [1.165, 1.54) is 13.2 Å². The van der Waals surface area contributed by atoms with Gasteiger partial charge >= 0.3 is 5.97 Å². The Morgan fingerprint density at radius 3 is 2.35 bits per heavy atom. The average molecular weight is 272 g/mol. The Morgan fingerprint density at radius 2 is 1.80 bits per heavy atom. The first-order chi connectivity index (χ1) is 9.58. The molecule has 0 atom stereocenters. The summed E-state index contributed by atoms with van der Waals surface area (Å²) in [5.41, 5.74) is 2.82. The molecule has 0 saturated heterocycles. The summed E-state index contributed by atoms with van der Waals surface area (Å²) in [5, 5.41) is 9.22. The number of ether oxygens (including phenoxy) is 2. The van der Waals surface area contributed by atoms with Crippen molar-refractivity contribution in [1.29, 1.82) is 0 Å². The number of aryl methyl sites for hydroxylation is 1. The number of hydrogen-bond acceptors (Lipinski definition) is 3. The van der Waals surface area contributed by atoms with Crippen molar-refractivity contribution < 1.29 is 19.4 Å². The van der Waals surface area contributed by atoms with Crippen LogP contribution in [0.15, 0.2) is 36.4 Å². The minimum absolute atomic E-state index is 0.153. The molecule has 0 saturated carbocycles. The van der Waals surface area contributed by atoms with E-state index in [4.69, 9.17) is 9.47 Å². The maximum atomic E-state index is 11.2. The van der Waals surface area contributed by atoms with Crippen LogP contribution in [0.4, 0.5) is 0 Å². The van der Waals surface area contributed by atoms with Gasteiger partial charge in [-0.05, 0) is 36.2 Å². The maximum absolute atomic E-state index is 11.2. The topological polar surface area (TPSA) is 55.8 Å². The van der Waals surface area contributed by atoms with Crippen molar-refractivity contribution in [1.82, 2.24) is 0 Å². The van der Waals surface area contributed by atoms with Crippen LogP contribution in [0.1, 0.15) is 15.9 Å². The summed E-state index contributed by atoms with van der Waals surface area (Å²) in [5.74, 6) is 0.128. The van der Waals surface area contributed by atoms with Gasteiger partial charge in [0.25, 0.3) is 0 Å². The first kappa shape index (κ1) is 13.9. The zero-order valence-electron chi connectivity index (χ0n) is 11.6. The summed E-state index contributed by atoms with van der Waals surface area (Å²) in [4.78, 5) is 11.2. The van der Waals surface area contributed by atoms with Crippen LogP contribution in [-0.2, 0) is 0 Å². The van der Waals surface area contributed by atoms with Gasteiger partial charge in [0, 0.05) is 5.56 Å². The minimum Gasteiger partial charge on any atom is -0.497 e. The van der Waals surface area contributed by atoms with Crippen molar-refractivity contribution in [2.24, 2.45) is 0 Å². The second-order valence-corrected chi connectivity index (χ2v) is 4.37. The van der Waals surface area contributed by atoms with E-state index in [2.05, 4.69) is 0 Å². The van der Waals surface area contributed by atoms with Crippen LogP contribution in [0.2, 0.25) is 0 Å². The molecule has 0 bridgehead atoms. The molecule has 4 heteroatoms. The molecule has 104 valence electrons. The fourth-order valence-electron chi connectivity index (χ4n) is 2.20. The Labute approximate surface area is 117 Å². The number of carboxylic acids is 1. The van der Waals surface area contributed by atoms with Gasteiger partial charge in [-0.2, -0.15) is 0 Å². The SMILES string of the molecule is COc1ccc(-c2cccc(C(=O)O)c2OC)c(C)c1. The number of carbonyl (C=O) groups is 1. The van der Waals surface area contributed by atoms with Gasteiger partial charge in [-0.25, -0.2) is 4.79 Å². The van der Waals surface area contributed by atoms with Crippen molar-refractivity contribution in [3.63, 3.8) is 0 Å². The molecule has 2 rings (SSSR count). The third-order valence-electron chi connectivity index (χ3n) is 3.17. The summed E-state index contributed by atoms with van der Waals surface area (Å²) < 4.78 is 10.5. The number of methoxy groups -OCH3 is 2. The van der Waals surface area contributed by atoms with Gasteiger partial charge in [0.05, 0.1) is 14.2 Å². The van der Waals surface area contributed by atoms with E-state index in [0.29, 0.717) is 5.75 Å². The molecular formula is C16H16O4. The second kappa shape index (κ2) is 5.65. The Kier molecular flexibility index (Phi) is 3.94. The largest absolute Gasteiger partial charge is 0.497 e. The standard InChI is InChI=1S/C16H16O4/c1-10-9-11(19-2)7-8-12(10)13-5-4-6-14(16(17)18)15(13)20-3/h4-9H,1-3H3,(H,17,18). The number of aromatic carboxylic acids is 1. The fourth-order valence-corrected chi connectivity index (χ4v) is 2.20. The molecule has 0 heterocycles. The Hall–Kier alpha value is -2.49. The Balaban J connectivity index is 2.63. The molecule has 0 aliphatic heterocycles. The smallest absolute Gasteiger partial charge is 0.339 e. The normalized spacial score (nSPS) is 10.2. The summed E-state index contributed by atoms with van der Waals surface area (Å²) in [6, 6.07) is 10.7. The highest BCUT2D eigenvalue weighted by molar-refractivity contribution is 5.94. The number of hydrogen-bond donors (Lipinski definition) is 1. The number of rotatable bonds is 4. The Morgan fingerprint density at radius 1 is 1.05 bits per heavy atom. The van der Waals surface area contributed by atoms with Gasteiger partial charge in [0.15, 0.2) is 0 Å². The van der Waals surface area contributed by atoms with E-state index in [-0.39, 0.29) is 5.56 Å². The van der Waals surface area contributed by atoms with Gasteiger partial charge in [0.2, 0.25) is 0 Å². The molecule has 0 aromatic heterocycles. The maximum Gasteiger partial charge on any atom is 0.339 e. The van der Waals surface area contributed by atoms with E-state index in [1.807, 2.05) is 31.2 Å². The zero-order valence-corrected chi connectivity index (χ0v) is 11.6. The lowest BCUT2D eigenvalue weighted by atomic mass is 9.97. The highest BCUT2D eigenvalue weighted by Gasteiger charge is 2.16. The molecule has 20 heavy (non-hydrogen) atoms. The van der Waals surface area contributed by atoms with Crippen LogP contribution in [0, 0.1) is 6.92 Å². The lowest BCUT2D eigenvalue weighted by Gasteiger charge is -2.14. The quantitative estimate of drug-likeness (QED) is 0.927. The highest BCUT2D eigenvalue weighted by atomic mass is 16.5. The Bertz CT molecular complexity index is 647. The van der Waals surface area contributed by atoms with Crippen molar-refractivity contribution in [2.75, 3.05) is 14.2 Å². The first-order valence-corrected chi connectivity index (χ1v) is 6.13. The van der Waals surface area contributed by atoms with Crippen LogP contribution in [0.5, 0.6) is 11.5 Å². The highest BCUT2D eigenvalue weighted by Crippen LogP contribution is 2.36. The van der Waals surface area contributed by atoms with Gasteiger partial charge in [-0.3, -0.25) is 0 Å². The predicted octanol–water partition coefficient (Wildman–Crippen LogP) is 3.38. The molecule has 0 aliphatic carbocycles. The number of carboxylic acid groups (broad SMARTS) is 1. The van der Waals surface area contributed by atoms with E-state index >= 15 is 0 Å². The van der Waals surface area contributed by atoms with E-state index < -0.39 is 5.97 Å². The van der Waals surface area contributed by atoms with Crippen molar-refractivity contribution >= 4 is 5.97 Å².